The summed E-state index contributed by atoms with van der Waals surface area (Å²) in [6.45, 7) is 1.85. The van der Waals surface area contributed by atoms with Crippen molar-refractivity contribution in [2.24, 2.45) is 7.05 Å². The van der Waals surface area contributed by atoms with Gasteiger partial charge < -0.3 is 4.42 Å². The first-order chi connectivity index (χ1) is 21.8. The molecule has 2 heterocycles. The molecule has 0 unspecified atom stereocenters. The van der Waals surface area contributed by atoms with E-state index in [1.165, 1.54) is 11.6 Å². The zero-order valence-corrected chi connectivity index (χ0v) is 23.0. The minimum Gasteiger partial charge on any atom is -0.454 e. The number of aromatic nitrogens is 1. The maximum Gasteiger partial charge on any atom is 0.216 e. The number of fused-ring (bicyclic) bond motifs is 3. The first-order valence-corrected chi connectivity index (χ1v) is 13.6. The molecule has 0 aliphatic carbocycles. The summed E-state index contributed by atoms with van der Waals surface area (Å²) >= 11 is 0. The van der Waals surface area contributed by atoms with Gasteiger partial charge in [-0.1, -0.05) is 91.0 Å². The summed E-state index contributed by atoms with van der Waals surface area (Å²) in [5, 5.41) is 11.7. The van der Waals surface area contributed by atoms with E-state index in [0.29, 0.717) is 27.9 Å². The number of rotatable bonds is 4. The van der Waals surface area contributed by atoms with Crippen molar-refractivity contribution >= 4 is 21.9 Å². The summed E-state index contributed by atoms with van der Waals surface area (Å²) in [7, 11) is 1.51. The number of pyridine rings is 1. The highest BCUT2D eigenvalue weighted by atomic mass is 19.1. The molecular weight excluding hydrogens is 519 g/mol. The fourth-order valence-corrected chi connectivity index (χ4v) is 5.65. The quantitative estimate of drug-likeness (QED) is 0.206. The van der Waals surface area contributed by atoms with Crippen molar-refractivity contribution in [2.75, 3.05) is 0 Å². The minimum atomic E-state index is -1.04. The van der Waals surface area contributed by atoms with Crippen molar-refractivity contribution in [1.29, 1.82) is 5.26 Å². The number of halogens is 1. The molecule has 4 heteroatoms. The van der Waals surface area contributed by atoms with Gasteiger partial charge in [0.05, 0.1) is 19.9 Å². The van der Waals surface area contributed by atoms with Crippen molar-refractivity contribution < 1.29 is 17.5 Å². The van der Waals surface area contributed by atoms with Crippen molar-refractivity contribution in [3.8, 4) is 50.7 Å². The summed E-state index contributed by atoms with van der Waals surface area (Å²) < 4.78 is 47.3. The molecule has 42 heavy (non-hydrogen) atoms. The minimum absolute atomic E-state index is 0.221. The largest absolute Gasteiger partial charge is 0.454 e. The van der Waals surface area contributed by atoms with Crippen LogP contribution in [-0.2, 0) is 7.05 Å². The second-order valence-corrected chi connectivity index (χ2v) is 10.3. The van der Waals surface area contributed by atoms with Gasteiger partial charge in [0.1, 0.15) is 19.6 Å². The molecule has 2 aromatic heterocycles. The number of hydrogen-bond acceptors (Lipinski definition) is 2. The molecule has 0 aliphatic heterocycles. The lowest BCUT2D eigenvalue weighted by molar-refractivity contribution is -0.661. The molecule has 7 aromatic rings. The van der Waals surface area contributed by atoms with Crippen molar-refractivity contribution in [3.63, 3.8) is 0 Å². The summed E-state index contributed by atoms with van der Waals surface area (Å²) in [6, 6.07) is 35.5. The molecule has 0 bridgehead atoms. The number of aryl methyl sites for hydroxylation is 1. The fraction of sp³-hybridized carbons (Fsp3) is 0.0526. The van der Waals surface area contributed by atoms with Crippen LogP contribution in [0.5, 0.6) is 0 Å². The van der Waals surface area contributed by atoms with Crippen LogP contribution >= 0.6 is 0 Å². The first kappa shape index (κ1) is 22.2. The third-order valence-electron chi connectivity index (χ3n) is 7.77. The summed E-state index contributed by atoms with van der Waals surface area (Å²) in [6.07, 6.45) is -0.485. The van der Waals surface area contributed by atoms with Crippen LogP contribution in [0.2, 0.25) is 0 Å². The Bertz CT molecular complexity index is 2290. The van der Waals surface area contributed by atoms with Crippen molar-refractivity contribution in [2.45, 2.75) is 6.92 Å². The monoisotopic (exact) mass is 548 g/mol. The van der Waals surface area contributed by atoms with E-state index in [1.807, 2.05) is 67.6 Å². The average Bonchev–Trinajstić information content (AvgIpc) is 3.46. The molecule has 3 nitrogen and oxygen atoms in total. The Labute approximate surface area is 247 Å². The molecule has 0 saturated carbocycles. The van der Waals surface area contributed by atoms with Crippen molar-refractivity contribution in [3.05, 3.63) is 138 Å². The Hall–Kier alpha value is -5.53. The second-order valence-electron chi connectivity index (χ2n) is 10.3. The third-order valence-corrected chi connectivity index (χ3v) is 7.77. The van der Waals surface area contributed by atoms with Crippen LogP contribution in [0.15, 0.2) is 126 Å². The number of nitrogens with zero attached hydrogens (tertiary/aromatic N) is 2. The normalized spacial score (nSPS) is 12.2. The number of furan rings is 1. The van der Waals surface area contributed by atoms with Crippen LogP contribution < -0.4 is 4.57 Å². The molecule has 0 fully saturated rings. The molecular formula is C38H26FN2O+. The summed E-state index contributed by atoms with van der Waals surface area (Å²) in [5.74, 6) is -1.04. The molecule has 200 valence electrons. The fourth-order valence-electron chi connectivity index (χ4n) is 5.65. The number of benzene rings is 5. The Morgan fingerprint density at radius 3 is 1.86 bits per heavy atom. The molecule has 0 N–H and O–H groups in total. The summed E-state index contributed by atoms with van der Waals surface area (Å²) in [5.41, 5.74) is 8.78. The number of nitriles is 1. The van der Waals surface area contributed by atoms with E-state index in [2.05, 4.69) is 42.5 Å². The van der Waals surface area contributed by atoms with Gasteiger partial charge in [0.15, 0.2) is 5.82 Å². The molecule has 0 saturated heterocycles. The van der Waals surface area contributed by atoms with Gasteiger partial charge in [-0.2, -0.15) is 9.83 Å². The van der Waals surface area contributed by atoms with E-state index in [9.17, 15) is 9.65 Å². The van der Waals surface area contributed by atoms with Gasteiger partial charge in [-0.25, -0.2) is 4.39 Å². The van der Waals surface area contributed by atoms with E-state index < -0.39 is 18.0 Å². The summed E-state index contributed by atoms with van der Waals surface area (Å²) in [4.78, 5) is 0. The van der Waals surface area contributed by atoms with Crippen LogP contribution in [-0.4, -0.2) is 0 Å². The highest BCUT2D eigenvalue weighted by molar-refractivity contribution is 6.14. The molecule has 0 amide bonds. The smallest absolute Gasteiger partial charge is 0.216 e. The van der Waals surface area contributed by atoms with E-state index in [-0.39, 0.29) is 11.7 Å². The standard InChI is InChI=1S/C38H26FN2O/c1-24-8-19-32-33-20-17-30(22-40)36(38(33)42-37(32)35(24)34-21-18-31(39)23-41(34)2)29-15-13-28(14-16-29)27-11-9-26(10-12-27)25-6-4-3-5-7-25/h3-21,23H,1-2H3/q+1/i18D,21D,23D. The molecule has 0 atom stereocenters. The van der Waals surface area contributed by atoms with Crippen LogP contribution in [0.3, 0.4) is 0 Å². The predicted molar refractivity (Wildman–Crippen MR) is 166 cm³/mol. The van der Waals surface area contributed by atoms with Gasteiger partial charge in [0.2, 0.25) is 11.9 Å². The van der Waals surface area contributed by atoms with E-state index in [1.54, 1.807) is 6.07 Å². The van der Waals surface area contributed by atoms with E-state index in [4.69, 9.17) is 8.53 Å². The molecule has 0 radical (unpaired) electrons. The van der Waals surface area contributed by atoms with Crippen LogP contribution in [0, 0.1) is 24.1 Å². The molecule has 5 aromatic carbocycles. The Morgan fingerprint density at radius 2 is 1.24 bits per heavy atom. The first-order valence-electron chi connectivity index (χ1n) is 15.1. The van der Waals surface area contributed by atoms with E-state index >= 15 is 0 Å². The lowest BCUT2D eigenvalue weighted by atomic mass is 9.94. The highest BCUT2D eigenvalue weighted by Crippen LogP contribution is 2.42. The SMILES string of the molecule is [2H]c1c([2H])c(-c2c(C)ccc3c2oc2c(-c4ccc(-c5ccc(-c6ccccc6)cc5)cc4)c(C#N)ccc23)[n+](C)c([2H])c1F. The van der Waals surface area contributed by atoms with Crippen molar-refractivity contribution in [1.82, 2.24) is 0 Å². The zero-order chi connectivity index (χ0) is 31.4. The Balaban J connectivity index is 1.38. The van der Waals surface area contributed by atoms with Gasteiger partial charge in [-0.15, -0.1) is 0 Å². The lowest BCUT2D eigenvalue weighted by Gasteiger charge is -2.08. The molecule has 0 spiro atoms. The van der Waals surface area contributed by atoms with Gasteiger partial charge >= 0.3 is 0 Å². The maximum absolute atomic E-state index is 14.5. The van der Waals surface area contributed by atoms with Gasteiger partial charge in [-0.3, -0.25) is 0 Å². The second kappa shape index (κ2) is 10.1. The third kappa shape index (κ3) is 4.24. The predicted octanol–water partition coefficient (Wildman–Crippen LogP) is 9.40. The maximum atomic E-state index is 14.5. The van der Waals surface area contributed by atoms with Gasteiger partial charge in [0.25, 0.3) is 0 Å². The topological polar surface area (TPSA) is 40.8 Å². The lowest BCUT2D eigenvalue weighted by Crippen LogP contribution is -2.31. The Kier molecular flexibility index (Phi) is 5.36. The van der Waals surface area contributed by atoms with Gasteiger partial charge in [-0.05, 0) is 58.5 Å². The van der Waals surface area contributed by atoms with Gasteiger partial charge in [0, 0.05) is 22.4 Å². The van der Waals surface area contributed by atoms with E-state index in [0.717, 1.165) is 44.2 Å². The Morgan fingerprint density at radius 1 is 0.690 bits per heavy atom. The highest BCUT2D eigenvalue weighted by Gasteiger charge is 2.23. The molecule has 7 rings (SSSR count). The van der Waals surface area contributed by atoms with Crippen LogP contribution in [0.4, 0.5) is 4.39 Å². The molecule has 0 aliphatic rings. The van der Waals surface area contributed by atoms with Crippen LogP contribution in [0.25, 0.3) is 66.6 Å². The average molecular weight is 549 g/mol. The van der Waals surface area contributed by atoms with Crippen LogP contribution in [0.1, 0.15) is 15.2 Å². The number of hydrogen-bond donors (Lipinski definition) is 0. The zero-order valence-electron chi connectivity index (χ0n) is 26.0.